The number of nitrogens with one attached hydrogen (secondary N) is 1. The Morgan fingerprint density at radius 1 is 1.33 bits per heavy atom. The maximum Gasteiger partial charge on any atom is 0.0772 e. The fourth-order valence-corrected chi connectivity index (χ4v) is 4.65. The number of benzene rings is 1. The number of fused-ring (bicyclic) bond motifs is 1. The van der Waals surface area contributed by atoms with E-state index in [9.17, 15) is 5.11 Å². The predicted molar refractivity (Wildman–Crippen MR) is 90.1 cm³/mol. The van der Waals surface area contributed by atoms with Crippen molar-refractivity contribution >= 4 is 23.4 Å². The molecule has 0 spiro atoms. The molecule has 1 aromatic rings. The molecule has 1 fully saturated rings. The van der Waals surface area contributed by atoms with Gasteiger partial charge < -0.3 is 10.4 Å². The monoisotopic (exact) mass is 325 g/mol. The minimum absolute atomic E-state index is 0.323. The van der Waals surface area contributed by atoms with Gasteiger partial charge in [-0.1, -0.05) is 18.5 Å². The lowest BCUT2D eigenvalue weighted by atomic mass is 9.79. The van der Waals surface area contributed by atoms with E-state index in [2.05, 4.69) is 24.4 Å². The van der Waals surface area contributed by atoms with Gasteiger partial charge in [-0.15, -0.1) is 11.8 Å². The second-order valence-corrected chi connectivity index (χ2v) is 8.23. The normalized spacial score (nSPS) is 32.7. The van der Waals surface area contributed by atoms with Gasteiger partial charge in [0.1, 0.15) is 0 Å². The van der Waals surface area contributed by atoms with Crippen LogP contribution in [-0.2, 0) is 0 Å². The second-order valence-electron chi connectivity index (χ2n) is 6.66. The van der Waals surface area contributed by atoms with Gasteiger partial charge >= 0.3 is 0 Å². The van der Waals surface area contributed by atoms with Gasteiger partial charge in [-0.05, 0) is 67.5 Å². The van der Waals surface area contributed by atoms with Crippen LogP contribution in [0.15, 0.2) is 23.1 Å². The van der Waals surface area contributed by atoms with E-state index in [0.717, 1.165) is 48.8 Å². The number of hydrogen-bond donors (Lipinski definition) is 2. The predicted octanol–water partition coefficient (Wildman–Crippen LogP) is 4.41. The van der Waals surface area contributed by atoms with Crippen LogP contribution in [0.3, 0.4) is 0 Å². The third-order valence-electron chi connectivity index (χ3n) is 4.89. The zero-order chi connectivity index (χ0) is 14.9. The highest BCUT2D eigenvalue weighted by atomic mass is 35.5. The van der Waals surface area contributed by atoms with Gasteiger partial charge in [0.25, 0.3) is 0 Å². The topological polar surface area (TPSA) is 32.3 Å². The Bertz CT molecular complexity index is 500. The second kappa shape index (κ2) is 6.49. The summed E-state index contributed by atoms with van der Waals surface area (Å²) in [6.45, 7) is 2.98. The molecule has 1 aliphatic carbocycles. The largest absolute Gasteiger partial charge is 0.389 e. The number of thioether (sulfide) groups is 1. The summed E-state index contributed by atoms with van der Waals surface area (Å²) in [4.78, 5) is 1.33. The highest BCUT2D eigenvalue weighted by Crippen LogP contribution is 2.38. The highest BCUT2D eigenvalue weighted by molar-refractivity contribution is 7.99. The van der Waals surface area contributed by atoms with E-state index in [1.807, 2.05) is 17.8 Å². The molecule has 0 aromatic heterocycles. The van der Waals surface area contributed by atoms with Gasteiger partial charge in [0.05, 0.1) is 5.60 Å². The molecule has 1 heterocycles. The summed E-state index contributed by atoms with van der Waals surface area (Å²) < 4.78 is 0. The van der Waals surface area contributed by atoms with Crippen LogP contribution in [0.4, 0.5) is 0 Å². The van der Waals surface area contributed by atoms with Crippen LogP contribution >= 0.6 is 23.4 Å². The average molecular weight is 326 g/mol. The number of rotatable bonds is 3. The van der Waals surface area contributed by atoms with Crippen molar-refractivity contribution in [2.24, 2.45) is 5.92 Å². The summed E-state index contributed by atoms with van der Waals surface area (Å²) in [5, 5.41) is 15.1. The molecule has 116 valence electrons. The standard InChI is InChI=1S/C17H24ClNOS/c1-12-4-7-17(20,8-5-12)11-19-15-6-9-21-16-3-2-13(18)10-14(15)16/h2-3,10,12,15,19-20H,4-9,11H2,1H3. The maximum atomic E-state index is 10.7. The Morgan fingerprint density at radius 3 is 2.86 bits per heavy atom. The molecule has 1 atom stereocenters. The molecule has 2 aliphatic rings. The third-order valence-corrected chi connectivity index (χ3v) is 6.25. The first-order chi connectivity index (χ1) is 10.1. The molecule has 1 aromatic carbocycles. The van der Waals surface area contributed by atoms with E-state index in [1.54, 1.807) is 0 Å². The number of aliphatic hydroxyl groups is 1. The molecule has 0 amide bonds. The fourth-order valence-electron chi connectivity index (χ4n) is 3.37. The molecule has 2 N–H and O–H groups in total. The molecular formula is C17H24ClNOS. The number of hydrogen-bond acceptors (Lipinski definition) is 3. The van der Waals surface area contributed by atoms with Crippen LogP contribution < -0.4 is 5.32 Å². The van der Waals surface area contributed by atoms with Crippen molar-refractivity contribution in [3.8, 4) is 0 Å². The smallest absolute Gasteiger partial charge is 0.0772 e. The van der Waals surface area contributed by atoms with E-state index in [-0.39, 0.29) is 0 Å². The van der Waals surface area contributed by atoms with Crippen LogP contribution in [0.5, 0.6) is 0 Å². The molecule has 1 aliphatic heterocycles. The summed E-state index contributed by atoms with van der Waals surface area (Å²) in [5.41, 5.74) is 0.780. The van der Waals surface area contributed by atoms with Gasteiger partial charge in [-0.25, -0.2) is 0 Å². The summed E-state index contributed by atoms with van der Waals surface area (Å²) in [6, 6.07) is 6.48. The van der Waals surface area contributed by atoms with Crippen LogP contribution in [-0.4, -0.2) is 23.0 Å². The van der Waals surface area contributed by atoms with Crippen molar-refractivity contribution < 1.29 is 5.11 Å². The quantitative estimate of drug-likeness (QED) is 0.863. The Kier molecular flexibility index (Phi) is 4.84. The average Bonchev–Trinajstić information content (AvgIpc) is 2.49. The molecule has 0 bridgehead atoms. The van der Waals surface area contributed by atoms with Gasteiger partial charge in [-0.3, -0.25) is 0 Å². The van der Waals surface area contributed by atoms with Crippen molar-refractivity contribution in [2.75, 3.05) is 12.3 Å². The van der Waals surface area contributed by atoms with E-state index >= 15 is 0 Å². The van der Waals surface area contributed by atoms with E-state index < -0.39 is 5.60 Å². The molecule has 3 rings (SSSR count). The third kappa shape index (κ3) is 3.76. The van der Waals surface area contributed by atoms with Crippen LogP contribution in [0.25, 0.3) is 0 Å². The van der Waals surface area contributed by atoms with E-state index in [4.69, 9.17) is 11.6 Å². The van der Waals surface area contributed by atoms with Crippen molar-refractivity contribution in [1.82, 2.24) is 5.32 Å². The van der Waals surface area contributed by atoms with Gasteiger partial charge in [-0.2, -0.15) is 0 Å². The Morgan fingerprint density at radius 2 is 2.10 bits per heavy atom. The summed E-state index contributed by atoms with van der Waals surface area (Å²) in [5.74, 6) is 1.89. The van der Waals surface area contributed by atoms with Gasteiger partial charge in [0.15, 0.2) is 0 Å². The first-order valence-corrected chi connectivity index (χ1v) is 9.30. The molecule has 0 radical (unpaired) electrons. The first-order valence-electron chi connectivity index (χ1n) is 7.94. The van der Waals surface area contributed by atoms with E-state index in [1.165, 1.54) is 10.5 Å². The zero-order valence-electron chi connectivity index (χ0n) is 12.6. The lowest BCUT2D eigenvalue weighted by Crippen LogP contribution is -2.44. The lowest BCUT2D eigenvalue weighted by molar-refractivity contribution is -0.00837. The molecule has 1 unspecified atom stereocenters. The lowest BCUT2D eigenvalue weighted by Gasteiger charge is -2.37. The summed E-state index contributed by atoms with van der Waals surface area (Å²) in [6.07, 6.45) is 5.22. The first kappa shape index (κ1) is 15.7. The highest BCUT2D eigenvalue weighted by Gasteiger charge is 2.33. The molecule has 4 heteroatoms. The summed E-state index contributed by atoms with van der Waals surface area (Å²) in [7, 11) is 0. The van der Waals surface area contributed by atoms with Crippen LogP contribution in [0, 0.1) is 5.92 Å². The molecule has 2 nitrogen and oxygen atoms in total. The van der Waals surface area contributed by atoms with Crippen molar-refractivity contribution in [3.05, 3.63) is 28.8 Å². The molecule has 0 saturated heterocycles. The fraction of sp³-hybridized carbons (Fsp3) is 0.647. The zero-order valence-corrected chi connectivity index (χ0v) is 14.1. The summed E-state index contributed by atoms with van der Waals surface area (Å²) >= 11 is 8.05. The SMILES string of the molecule is CC1CCC(O)(CNC2CCSc3ccc(Cl)cc32)CC1. The molecule has 1 saturated carbocycles. The number of halogens is 1. The van der Waals surface area contributed by atoms with Gasteiger partial charge in [0, 0.05) is 22.5 Å². The minimum Gasteiger partial charge on any atom is -0.389 e. The van der Waals surface area contributed by atoms with Crippen LogP contribution in [0.1, 0.15) is 50.6 Å². The van der Waals surface area contributed by atoms with Crippen LogP contribution in [0.2, 0.25) is 5.02 Å². The Hall–Kier alpha value is -0.220. The van der Waals surface area contributed by atoms with Crippen molar-refractivity contribution in [1.29, 1.82) is 0 Å². The van der Waals surface area contributed by atoms with Gasteiger partial charge in [0.2, 0.25) is 0 Å². The Balaban J connectivity index is 1.65. The maximum absolute atomic E-state index is 10.7. The Labute approximate surface area is 136 Å². The van der Waals surface area contributed by atoms with Crippen molar-refractivity contribution in [3.63, 3.8) is 0 Å². The minimum atomic E-state index is -0.518. The van der Waals surface area contributed by atoms with Crippen molar-refractivity contribution in [2.45, 2.75) is 55.6 Å². The molecule has 21 heavy (non-hydrogen) atoms. The molecular weight excluding hydrogens is 302 g/mol. The van der Waals surface area contributed by atoms with E-state index in [0.29, 0.717) is 12.6 Å².